The minimum Gasteiger partial charge on any atom is -1.00 e. The summed E-state index contributed by atoms with van der Waals surface area (Å²) in [7, 11) is 0. The Morgan fingerprint density at radius 2 is 1.60 bits per heavy atom. The van der Waals surface area contributed by atoms with Crippen LogP contribution in [0.25, 0.3) is 0 Å². The van der Waals surface area contributed by atoms with Crippen molar-refractivity contribution in [2.45, 2.75) is 63.2 Å². The van der Waals surface area contributed by atoms with Crippen LogP contribution in [0.5, 0.6) is 0 Å². The number of imidazole rings is 1. The second kappa shape index (κ2) is 11.1. The molecular formula is C27H31F3IN3O. The lowest BCUT2D eigenvalue weighted by Gasteiger charge is -2.37. The minimum atomic E-state index is -4.14. The van der Waals surface area contributed by atoms with Gasteiger partial charge in [0.15, 0.2) is 0 Å². The van der Waals surface area contributed by atoms with Crippen molar-refractivity contribution in [3.05, 3.63) is 90.0 Å². The van der Waals surface area contributed by atoms with E-state index >= 15 is 0 Å². The summed E-state index contributed by atoms with van der Waals surface area (Å²) in [5.74, 6) is 0.569. The highest BCUT2D eigenvalue weighted by atomic mass is 127. The number of aromatic nitrogens is 2. The third-order valence-corrected chi connectivity index (χ3v) is 7.31. The molecule has 1 aromatic heterocycles. The van der Waals surface area contributed by atoms with E-state index in [9.17, 15) is 18.0 Å². The lowest BCUT2D eigenvalue weighted by molar-refractivity contribution is -0.703. The van der Waals surface area contributed by atoms with Crippen LogP contribution in [0.3, 0.4) is 0 Å². The summed E-state index contributed by atoms with van der Waals surface area (Å²) in [5, 5.41) is 0. The van der Waals surface area contributed by atoms with Crippen LogP contribution in [0.1, 0.15) is 55.1 Å². The molecule has 2 N–H and O–H groups in total. The molecule has 35 heavy (non-hydrogen) atoms. The first-order valence-electron chi connectivity index (χ1n) is 11.8. The number of hydrogen-bond donors (Lipinski definition) is 1. The van der Waals surface area contributed by atoms with Crippen LogP contribution in [0.2, 0.25) is 0 Å². The average molecular weight is 597 g/mol. The van der Waals surface area contributed by atoms with E-state index in [1.807, 2.05) is 84.5 Å². The zero-order chi connectivity index (χ0) is 24.3. The van der Waals surface area contributed by atoms with Gasteiger partial charge in [-0.25, -0.2) is 9.13 Å². The Kier molecular flexibility index (Phi) is 8.67. The van der Waals surface area contributed by atoms with E-state index in [0.29, 0.717) is 6.54 Å². The molecule has 1 saturated carbocycles. The Bertz CT molecular complexity index is 1080. The quantitative estimate of drug-likeness (QED) is 0.315. The highest BCUT2D eigenvalue weighted by Gasteiger charge is 2.51. The largest absolute Gasteiger partial charge is 1.00 e. The Morgan fingerprint density at radius 1 is 1.03 bits per heavy atom. The number of hydrogen-bond acceptors (Lipinski definition) is 1. The average Bonchev–Trinajstić information content (AvgIpc) is 3.42. The van der Waals surface area contributed by atoms with E-state index in [1.54, 1.807) is 0 Å². The fraction of sp³-hybridized carbons (Fsp3) is 0.407. The molecule has 1 aliphatic rings. The Labute approximate surface area is 221 Å². The lowest BCUT2D eigenvalue weighted by atomic mass is 9.64. The number of nitrogens with two attached hydrogens (primary N) is 1. The molecule has 188 valence electrons. The minimum absolute atomic E-state index is 0. The van der Waals surface area contributed by atoms with Crippen molar-refractivity contribution >= 4 is 5.91 Å². The molecule has 0 spiro atoms. The van der Waals surface area contributed by atoms with Gasteiger partial charge in [0, 0.05) is 13.3 Å². The summed E-state index contributed by atoms with van der Waals surface area (Å²) < 4.78 is 41.7. The topological polar surface area (TPSA) is 51.9 Å². The monoisotopic (exact) mass is 597 g/mol. The number of halogens is 4. The van der Waals surface area contributed by atoms with Gasteiger partial charge in [-0.2, -0.15) is 13.2 Å². The fourth-order valence-electron chi connectivity index (χ4n) is 5.72. The first kappa shape index (κ1) is 27.2. The third kappa shape index (κ3) is 5.57. The van der Waals surface area contributed by atoms with Crippen LogP contribution in [-0.2, 0) is 16.8 Å². The van der Waals surface area contributed by atoms with Crippen LogP contribution in [-0.4, -0.2) is 16.7 Å². The molecule has 4 rings (SSSR count). The molecule has 0 saturated heterocycles. The van der Waals surface area contributed by atoms with Gasteiger partial charge in [-0.15, -0.1) is 0 Å². The van der Waals surface area contributed by atoms with E-state index in [2.05, 4.69) is 4.57 Å². The third-order valence-electron chi connectivity index (χ3n) is 7.31. The summed E-state index contributed by atoms with van der Waals surface area (Å²) in [6, 6.07) is 19.6. The molecule has 1 heterocycles. The summed E-state index contributed by atoms with van der Waals surface area (Å²) in [6.45, 7) is 2.27. The molecule has 2 atom stereocenters. The Balaban J connectivity index is 0.00000342. The van der Waals surface area contributed by atoms with Crippen LogP contribution in [0.4, 0.5) is 13.2 Å². The number of amides is 1. The number of carbonyl (C=O) groups is 1. The lowest BCUT2D eigenvalue weighted by Crippen LogP contribution is -3.00. The van der Waals surface area contributed by atoms with E-state index in [0.717, 1.165) is 36.2 Å². The van der Waals surface area contributed by atoms with Gasteiger partial charge in [0.1, 0.15) is 23.9 Å². The first-order chi connectivity index (χ1) is 16.2. The smallest absolute Gasteiger partial charge is 0.389 e. The number of primary amides is 1. The maximum atomic E-state index is 13.2. The normalized spacial score (nSPS) is 18.3. The van der Waals surface area contributed by atoms with Crippen molar-refractivity contribution < 1.29 is 46.5 Å². The van der Waals surface area contributed by atoms with Crippen molar-refractivity contribution in [2.75, 3.05) is 0 Å². The van der Waals surface area contributed by atoms with Gasteiger partial charge in [-0.3, -0.25) is 4.79 Å². The van der Waals surface area contributed by atoms with Crippen LogP contribution in [0.15, 0.2) is 73.1 Å². The Hall–Kier alpha value is -2.36. The molecule has 1 amide bonds. The number of aryl methyl sites for hydroxylation is 1. The maximum absolute atomic E-state index is 13.2. The van der Waals surface area contributed by atoms with Gasteiger partial charge >= 0.3 is 6.18 Å². The van der Waals surface area contributed by atoms with Crippen molar-refractivity contribution in [1.82, 2.24) is 4.57 Å². The number of rotatable bonds is 8. The SMILES string of the molecule is Cc1n([C@H]2CC[C@@H](C(C(N)=O)(c3ccccc3)c3ccccc3)C2)cc[n+]1CCCC(F)(F)F.[I-]. The highest BCUT2D eigenvalue weighted by molar-refractivity contribution is 5.91. The van der Waals surface area contributed by atoms with Crippen LogP contribution in [0, 0.1) is 12.8 Å². The molecule has 0 aliphatic heterocycles. The molecule has 2 aromatic carbocycles. The zero-order valence-corrected chi connectivity index (χ0v) is 21.9. The van der Waals surface area contributed by atoms with E-state index in [4.69, 9.17) is 5.73 Å². The predicted molar refractivity (Wildman–Crippen MR) is 124 cm³/mol. The molecule has 8 heteroatoms. The summed E-state index contributed by atoms with van der Waals surface area (Å²) in [6.07, 6.45) is 1.39. The summed E-state index contributed by atoms with van der Waals surface area (Å²) in [5.41, 5.74) is 7.03. The molecule has 0 unspecified atom stereocenters. The van der Waals surface area contributed by atoms with Crippen LogP contribution >= 0.6 is 0 Å². The number of nitrogens with zero attached hydrogens (tertiary/aromatic N) is 2. The van der Waals surface area contributed by atoms with Gasteiger partial charge in [-0.1, -0.05) is 60.7 Å². The second-order valence-corrected chi connectivity index (χ2v) is 9.23. The first-order valence-corrected chi connectivity index (χ1v) is 11.8. The van der Waals surface area contributed by atoms with Gasteiger partial charge in [0.05, 0.1) is 6.54 Å². The van der Waals surface area contributed by atoms with Gasteiger partial charge < -0.3 is 29.7 Å². The number of benzene rings is 2. The molecule has 0 radical (unpaired) electrons. The molecule has 4 nitrogen and oxygen atoms in total. The molecule has 0 bridgehead atoms. The van der Waals surface area contributed by atoms with Gasteiger partial charge in [-0.05, 0) is 42.7 Å². The van der Waals surface area contributed by atoms with E-state index < -0.39 is 18.0 Å². The highest BCUT2D eigenvalue weighted by Crippen LogP contribution is 2.49. The van der Waals surface area contributed by atoms with Crippen molar-refractivity contribution in [3.63, 3.8) is 0 Å². The summed E-state index contributed by atoms with van der Waals surface area (Å²) >= 11 is 0. The zero-order valence-electron chi connectivity index (χ0n) is 19.7. The van der Waals surface area contributed by atoms with Crippen LogP contribution < -0.4 is 34.3 Å². The molecule has 1 aliphatic carbocycles. The van der Waals surface area contributed by atoms with E-state index in [-0.39, 0.29) is 48.3 Å². The predicted octanol–water partition coefficient (Wildman–Crippen LogP) is 2.24. The fourth-order valence-corrected chi connectivity index (χ4v) is 5.72. The maximum Gasteiger partial charge on any atom is 0.389 e. The van der Waals surface area contributed by atoms with Crippen molar-refractivity contribution in [2.24, 2.45) is 11.7 Å². The number of alkyl halides is 3. The van der Waals surface area contributed by atoms with Crippen molar-refractivity contribution in [3.8, 4) is 0 Å². The van der Waals surface area contributed by atoms with Gasteiger partial charge in [0.2, 0.25) is 5.91 Å². The Morgan fingerprint density at radius 3 is 2.11 bits per heavy atom. The summed E-state index contributed by atoms with van der Waals surface area (Å²) in [4.78, 5) is 13.2. The second-order valence-electron chi connectivity index (χ2n) is 9.23. The molecule has 3 aromatic rings. The van der Waals surface area contributed by atoms with Gasteiger partial charge in [0.25, 0.3) is 5.82 Å². The molecule has 1 fully saturated rings. The number of carbonyl (C=O) groups excluding carboxylic acids is 1. The standard InChI is InChI=1S/C27H30F3N3O.HI/c1-20-32(16-8-15-26(28,29)30)17-18-33(20)24-14-13-23(19-24)27(25(31)34,21-9-4-2-5-10-21)22-11-6-3-7-12-22;/h2-7,9-12,17-18,23-24H,8,13-16,19H2,1H3,(H-,31,34);1H/t23-,24+;/m1./s1. The molecular weight excluding hydrogens is 566 g/mol. The van der Waals surface area contributed by atoms with E-state index in [1.165, 1.54) is 0 Å². The van der Waals surface area contributed by atoms with Crippen molar-refractivity contribution in [1.29, 1.82) is 0 Å².